The topological polar surface area (TPSA) is 78.4 Å². The maximum atomic E-state index is 11.4. The lowest BCUT2D eigenvalue weighted by Gasteiger charge is -2.06. The highest BCUT2D eigenvalue weighted by Gasteiger charge is 2.03. The highest BCUT2D eigenvalue weighted by Crippen LogP contribution is 2.09. The van der Waals surface area contributed by atoms with Crippen LogP contribution in [-0.2, 0) is 16.0 Å². The van der Waals surface area contributed by atoms with Gasteiger partial charge in [-0.05, 0) is 24.2 Å². The van der Waals surface area contributed by atoms with E-state index in [0.29, 0.717) is 11.3 Å². The molecule has 0 aliphatic heterocycles. The summed E-state index contributed by atoms with van der Waals surface area (Å²) in [5.41, 5.74) is 1.38. The van der Waals surface area contributed by atoms with Crippen LogP contribution in [-0.4, -0.2) is 30.1 Å². The normalized spacial score (nSPS) is 9.94. The molecule has 1 amide bonds. The van der Waals surface area contributed by atoms with Crippen molar-refractivity contribution in [1.82, 2.24) is 5.32 Å². The van der Waals surface area contributed by atoms with Crippen molar-refractivity contribution in [2.24, 2.45) is 0 Å². The number of nitrogens with one attached hydrogen (secondary N) is 2. The predicted molar refractivity (Wildman–Crippen MR) is 65.0 cm³/mol. The van der Waals surface area contributed by atoms with Gasteiger partial charge >= 0.3 is 5.97 Å². The van der Waals surface area contributed by atoms with Crippen LogP contribution in [0.1, 0.15) is 12.5 Å². The summed E-state index contributed by atoms with van der Waals surface area (Å²) >= 11 is 0. The lowest BCUT2D eigenvalue weighted by molar-refractivity contribution is -0.136. The molecule has 0 unspecified atom stereocenters. The number of hydrogen-bond acceptors (Lipinski definition) is 3. The van der Waals surface area contributed by atoms with Crippen molar-refractivity contribution in [2.75, 3.05) is 18.4 Å². The van der Waals surface area contributed by atoms with Crippen molar-refractivity contribution < 1.29 is 14.7 Å². The van der Waals surface area contributed by atoms with Crippen LogP contribution in [0.15, 0.2) is 24.3 Å². The zero-order valence-corrected chi connectivity index (χ0v) is 9.69. The third-order valence-electron chi connectivity index (χ3n) is 2.13. The summed E-state index contributed by atoms with van der Waals surface area (Å²) in [7, 11) is 0. The number of hydrogen-bond donors (Lipinski definition) is 3. The Morgan fingerprint density at radius 2 is 1.88 bits per heavy atom. The number of likely N-dealkylation sites (N-methyl/N-ethyl adjacent to an activating group) is 1. The number of carbonyl (C=O) groups excluding carboxylic acids is 1. The molecule has 0 atom stereocenters. The summed E-state index contributed by atoms with van der Waals surface area (Å²) in [6.45, 7) is 2.94. The summed E-state index contributed by atoms with van der Waals surface area (Å²) in [5.74, 6) is -0.980. The number of amides is 1. The maximum Gasteiger partial charge on any atom is 0.307 e. The number of rotatable bonds is 6. The van der Waals surface area contributed by atoms with Crippen molar-refractivity contribution in [1.29, 1.82) is 0 Å². The molecule has 0 aliphatic carbocycles. The van der Waals surface area contributed by atoms with E-state index in [1.807, 2.05) is 6.92 Å². The lowest BCUT2D eigenvalue weighted by atomic mass is 10.1. The molecule has 17 heavy (non-hydrogen) atoms. The van der Waals surface area contributed by atoms with Gasteiger partial charge in [0.1, 0.15) is 0 Å². The third-order valence-corrected chi connectivity index (χ3v) is 2.13. The van der Waals surface area contributed by atoms with E-state index in [-0.39, 0.29) is 18.9 Å². The molecular weight excluding hydrogens is 220 g/mol. The minimum Gasteiger partial charge on any atom is -0.481 e. The molecule has 0 saturated heterocycles. The molecule has 92 valence electrons. The van der Waals surface area contributed by atoms with Crippen molar-refractivity contribution in [3.63, 3.8) is 0 Å². The maximum absolute atomic E-state index is 11.4. The zero-order chi connectivity index (χ0) is 12.7. The predicted octanol–water partition coefficient (Wildman–Crippen LogP) is 0.862. The first-order valence-corrected chi connectivity index (χ1v) is 5.43. The second-order valence-corrected chi connectivity index (χ2v) is 3.60. The van der Waals surface area contributed by atoms with Gasteiger partial charge in [-0.25, -0.2) is 0 Å². The molecule has 0 radical (unpaired) electrons. The van der Waals surface area contributed by atoms with Gasteiger partial charge in [-0.1, -0.05) is 19.1 Å². The summed E-state index contributed by atoms with van der Waals surface area (Å²) in [5, 5.41) is 14.2. The van der Waals surface area contributed by atoms with Gasteiger partial charge in [-0.15, -0.1) is 0 Å². The van der Waals surface area contributed by atoms with Gasteiger partial charge in [-0.2, -0.15) is 0 Å². The quantitative estimate of drug-likeness (QED) is 0.684. The Hall–Kier alpha value is -1.88. The number of anilines is 1. The Morgan fingerprint density at radius 3 is 2.41 bits per heavy atom. The highest BCUT2D eigenvalue weighted by molar-refractivity contribution is 5.92. The van der Waals surface area contributed by atoms with Gasteiger partial charge in [0, 0.05) is 5.69 Å². The molecule has 5 nitrogen and oxygen atoms in total. The van der Waals surface area contributed by atoms with E-state index in [1.54, 1.807) is 24.3 Å². The van der Waals surface area contributed by atoms with Crippen molar-refractivity contribution in [2.45, 2.75) is 13.3 Å². The standard InChI is InChI=1S/C12H16N2O3/c1-2-13-8-11(15)14-10-5-3-9(4-6-10)7-12(16)17/h3-6,13H,2,7-8H2,1H3,(H,14,15)(H,16,17). The lowest BCUT2D eigenvalue weighted by Crippen LogP contribution is -2.27. The Bertz CT molecular complexity index is 387. The fraction of sp³-hybridized carbons (Fsp3) is 0.333. The van der Waals surface area contributed by atoms with Gasteiger partial charge in [0.25, 0.3) is 0 Å². The second-order valence-electron chi connectivity index (χ2n) is 3.60. The highest BCUT2D eigenvalue weighted by atomic mass is 16.4. The minimum absolute atomic E-state index is 0.00832. The van der Waals surface area contributed by atoms with E-state index in [4.69, 9.17) is 5.11 Å². The molecule has 0 aliphatic rings. The fourth-order valence-corrected chi connectivity index (χ4v) is 1.32. The summed E-state index contributed by atoms with van der Waals surface area (Å²) in [4.78, 5) is 21.8. The Balaban J connectivity index is 2.50. The van der Waals surface area contributed by atoms with E-state index in [0.717, 1.165) is 6.54 Å². The smallest absolute Gasteiger partial charge is 0.307 e. The molecular formula is C12H16N2O3. The largest absolute Gasteiger partial charge is 0.481 e. The number of carbonyl (C=O) groups is 2. The first-order valence-electron chi connectivity index (χ1n) is 5.43. The van der Waals surface area contributed by atoms with E-state index in [9.17, 15) is 9.59 Å². The van der Waals surface area contributed by atoms with Crippen molar-refractivity contribution in [3.8, 4) is 0 Å². The average molecular weight is 236 g/mol. The van der Waals surface area contributed by atoms with Crippen LogP contribution in [0.4, 0.5) is 5.69 Å². The first kappa shape index (κ1) is 13.2. The van der Waals surface area contributed by atoms with Crippen LogP contribution in [0, 0.1) is 0 Å². The monoisotopic (exact) mass is 236 g/mol. The molecule has 0 saturated carbocycles. The molecule has 0 spiro atoms. The van der Waals surface area contributed by atoms with E-state index < -0.39 is 5.97 Å². The number of carboxylic acids is 1. The average Bonchev–Trinajstić information content (AvgIpc) is 2.28. The van der Waals surface area contributed by atoms with E-state index >= 15 is 0 Å². The SMILES string of the molecule is CCNCC(=O)Nc1ccc(CC(=O)O)cc1. The Morgan fingerprint density at radius 1 is 1.24 bits per heavy atom. The van der Waals surface area contributed by atoms with Crippen LogP contribution in [0.25, 0.3) is 0 Å². The van der Waals surface area contributed by atoms with Gasteiger partial charge in [0.15, 0.2) is 0 Å². The summed E-state index contributed by atoms with van der Waals surface area (Å²) in [6.07, 6.45) is -0.00832. The molecule has 0 aromatic heterocycles. The molecule has 1 rings (SSSR count). The first-order chi connectivity index (χ1) is 8.11. The fourth-order valence-electron chi connectivity index (χ4n) is 1.32. The molecule has 0 bridgehead atoms. The van der Waals surface area contributed by atoms with Gasteiger partial charge in [0.2, 0.25) is 5.91 Å². The van der Waals surface area contributed by atoms with Crippen LogP contribution < -0.4 is 10.6 Å². The van der Waals surface area contributed by atoms with Crippen LogP contribution in [0.3, 0.4) is 0 Å². The number of carboxylic acid groups (broad SMARTS) is 1. The van der Waals surface area contributed by atoms with Crippen molar-refractivity contribution >= 4 is 17.6 Å². The third kappa shape index (κ3) is 5.12. The summed E-state index contributed by atoms with van der Waals surface area (Å²) < 4.78 is 0. The number of aliphatic carboxylic acids is 1. The van der Waals surface area contributed by atoms with Gasteiger partial charge in [0.05, 0.1) is 13.0 Å². The number of benzene rings is 1. The second kappa shape index (κ2) is 6.65. The molecule has 1 aromatic rings. The van der Waals surface area contributed by atoms with Gasteiger partial charge < -0.3 is 15.7 Å². The van der Waals surface area contributed by atoms with Crippen LogP contribution >= 0.6 is 0 Å². The van der Waals surface area contributed by atoms with Gasteiger partial charge in [-0.3, -0.25) is 9.59 Å². The zero-order valence-electron chi connectivity index (χ0n) is 9.69. The van der Waals surface area contributed by atoms with E-state index in [1.165, 1.54) is 0 Å². The molecule has 1 aromatic carbocycles. The Kier molecular flexibility index (Phi) is 5.16. The van der Waals surface area contributed by atoms with E-state index in [2.05, 4.69) is 10.6 Å². The summed E-state index contributed by atoms with van der Waals surface area (Å²) in [6, 6.07) is 6.78. The van der Waals surface area contributed by atoms with Crippen molar-refractivity contribution in [3.05, 3.63) is 29.8 Å². The minimum atomic E-state index is -0.867. The molecule has 0 fully saturated rings. The molecule has 3 N–H and O–H groups in total. The molecule has 0 heterocycles. The molecule has 5 heteroatoms. The Labute approximate surface area is 99.8 Å². The van der Waals surface area contributed by atoms with Crippen LogP contribution in [0.5, 0.6) is 0 Å². The van der Waals surface area contributed by atoms with Crippen LogP contribution in [0.2, 0.25) is 0 Å².